The Kier molecular flexibility index (Phi) is 2.26. The van der Waals surface area contributed by atoms with Crippen molar-refractivity contribution in [3.63, 3.8) is 0 Å². The van der Waals surface area contributed by atoms with Gasteiger partial charge in [-0.1, -0.05) is 54.6 Å². The molecule has 16 heavy (non-hydrogen) atoms. The predicted octanol–water partition coefficient (Wildman–Crippen LogP) is 3.06. The molecule has 1 N–H and O–H groups in total. The summed E-state index contributed by atoms with van der Waals surface area (Å²) in [5.74, 6) is 0.221. The van der Waals surface area contributed by atoms with Crippen LogP contribution in [0.1, 0.15) is 28.7 Å². The van der Waals surface area contributed by atoms with Crippen molar-refractivity contribution in [3.8, 4) is 0 Å². The molecule has 0 amide bonds. The van der Waals surface area contributed by atoms with E-state index in [-0.39, 0.29) is 12.0 Å². The third kappa shape index (κ3) is 1.44. The Morgan fingerprint density at radius 2 is 1.56 bits per heavy atom. The summed E-state index contributed by atoms with van der Waals surface area (Å²) in [6.45, 7) is 0. The van der Waals surface area contributed by atoms with Gasteiger partial charge in [0, 0.05) is 5.92 Å². The van der Waals surface area contributed by atoms with Crippen LogP contribution < -0.4 is 0 Å². The molecule has 0 saturated heterocycles. The molecule has 2 atom stereocenters. The molecular weight excluding hydrogens is 196 g/mol. The van der Waals surface area contributed by atoms with E-state index in [1.165, 1.54) is 11.1 Å². The fraction of sp³-hybridized carbons (Fsp3) is 0.200. The topological polar surface area (TPSA) is 20.2 Å². The first-order valence-corrected chi connectivity index (χ1v) is 5.67. The molecule has 80 valence electrons. The van der Waals surface area contributed by atoms with E-state index in [9.17, 15) is 5.11 Å². The van der Waals surface area contributed by atoms with E-state index in [0.29, 0.717) is 0 Å². The summed E-state index contributed by atoms with van der Waals surface area (Å²) < 4.78 is 0. The molecule has 2 aromatic rings. The lowest BCUT2D eigenvalue weighted by atomic mass is 9.94. The Hall–Kier alpha value is -1.60. The summed E-state index contributed by atoms with van der Waals surface area (Å²) in [5, 5.41) is 10.3. The van der Waals surface area contributed by atoms with Crippen molar-refractivity contribution in [1.29, 1.82) is 0 Å². The van der Waals surface area contributed by atoms with Crippen molar-refractivity contribution in [2.24, 2.45) is 0 Å². The summed E-state index contributed by atoms with van der Waals surface area (Å²) in [6.07, 6.45) is 0.597. The Labute approximate surface area is 95.4 Å². The number of aliphatic hydroxyl groups excluding tert-OH is 1. The first kappa shape index (κ1) is 9.61. The summed E-state index contributed by atoms with van der Waals surface area (Å²) in [6, 6.07) is 18.5. The van der Waals surface area contributed by atoms with Gasteiger partial charge in [0.25, 0.3) is 0 Å². The summed E-state index contributed by atoms with van der Waals surface area (Å²) >= 11 is 0. The normalized spacial score (nSPS) is 23.1. The third-order valence-corrected chi connectivity index (χ3v) is 3.42. The molecule has 0 aliphatic heterocycles. The second-order valence-electron chi connectivity index (χ2n) is 4.36. The highest BCUT2D eigenvalue weighted by atomic mass is 16.3. The van der Waals surface area contributed by atoms with Gasteiger partial charge in [0.1, 0.15) is 0 Å². The van der Waals surface area contributed by atoms with Crippen molar-refractivity contribution >= 4 is 0 Å². The zero-order valence-corrected chi connectivity index (χ0v) is 9.01. The first-order chi connectivity index (χ1) is 7.86. The van der Waals surface area contributed by atoms with Gasteiger partial charge in [-0.2, -0.15) is 0 Å². The van der Waals surface area contributed by atoms with Crippen molar-refractivity contribution < 1.29 is 5.11 Å². The highest BCUT2D eigenvalue weighted by Crippen LogP contribution is 2.41. The van der Waals surface area contributed by atoms with E-state index in [2.05, 4.69) is 18.2 Å². The minimum Gasteiger partial charge on any atom is -0.388 e. The van der Waals surface area contributed by atoms with Gasteiger partial charge < -0.3 is 5.11 Å². The monoisotopic (exact) mass is 210 g/mol. The number of aliphatic hydroxyl groups is 1. The zero-order valence-electron chi connectivity index (χ0n) is 9.01. The Morgan fingerprint density at radius 1 is 0.875 bits per heavy atom. The van der Waals surface area contributed by atoms with Crippen molar-refractivity contribution in [3.05, 3.63) is 71.3 Å². The predicted molar refractivity (Wildman–Crippen MR) is 64.3 cm³/mol. The molecular formula is C15H14O. The van der Waals surface area contributed by atoms with Gasteiger partial charge >= 0.3 is 0 Å². The lowest BCUT2D eigenvalue weighted by Crippen LogP contribution is -2.04. The number of rotatable bonds is 1. The Balaban J connectivity index is 1.99. The largest absolute Gasteiger partial charge is 0.388 e. The average Bonchev–Trinajstić information content (AvgIpc) is 2.69. The van der Waals surface area contributed by atoms with E-state index < -0.39 is 0 Å². The van der Waals surface area contributed by atoms with Gasteiger partial charge in [-0.25, -0.2) is 0 Å². The van der Waals surface area contributed by atoms with E-state index in [0.717, 1.165) is 12.0 Å². The van der Waals surface area contributed by atoms with Crippen LogP contribution in [-0.4, -0.2) is 5.11 Å². The van der Waals surface area contributed by atoms with Crippen LogP contribution in [0.25, 0.3) is 0 Å². The molecule has 1 aliphatic carbocycles. The molecule has 1 nitrogen and oxygen atoms in total. The van der Waals surface area contributed by atoms with E-state index in [1.54, 1.807) is 0 Å². The van der Waals surface area contributed by atoms with Gasteiger partial charge in [0.05, 0.1) is 6.10 Å². The second-order valence-corrected chi connectivity index (χ2v) is 4.36. The molecule has 0 heterocycles. The van der Waals surface area contributed by atoms with Crippen molar-refractivity contribution in [2.45, 2.75) is 18.4 Å². The molecule has 2 aromatic carbocycles. The summed E-state index contributed by atoms with van der Waals surface area (Å²) in [4.78, 5) is 0. The SMILES string of the molecule is O[C@H]1c2ccccc2C[C@H]1c1ccccc1. The van der Waals surface area contributed by atoms with Crippen molar-refractivity contribution in [1.82, 2.24) is 0 Å². The summed E-state index contributed by atoms with van der Waals surface area (Å²) in [5.41, 5.74) is 3.60. The molecule has 0 radical (unpaired) electrons. The molecule has 3 rings (SSSR count). The lowest BCUT2D eigenvalue weighted by molar-refractivity contribution is 0.158. The third-order valence-electron chi connectivity index (χ3n) is 3.42. The van der Waals surface area contributed by atoms with E-state index in [4.69, 9.17) is 0 Å². The van der Waals surface area contributed by atoms with Gasteiger partial charge in [0.15, 0.2) is 0 Å². The van der Waals surface area contributed by atoms with Crippen LogP contribution in [-0.2, 0) is 6.42 Å². The smallest absolute Gasteiger partial charge is 0.0864 e. The fourth-order valence-electron chi connectivity index (χ4n) is 2.57. The Bertz CT molecular complexity index is 490. The summed E-state index contributed by atoms with van der Waals surface area (Å²) in [7, 11) is 0. The number of hydrogen-bond acceptors (Lipinski definition) is 1. The maximum atomic E-state index is 10.3. The molecule has 0 unspecified atom stereocenters. The van der Waals surface area contributed by atoms with Crippen LogP contribution in [0.2, 0.25) is 0 Å². The fourth-order valence-corrected chi connectivity index (χ4v) is 2.57. The quantitative estimate of drug-likeness (QED) is 0.767. The van der Waals surface area contributed by atoms with E-state index >= 15 is 0 Å². The van der Waals surface area contributed by atoms with Crippen molar-refractivity contribution in [2.75, 3.05) is 0 Å². The van der Waals surface area contributed by atoms with Crippen LogP contribution in [0.15, 0.2) is 54.6 Å². The zero-order chi connectivity index (χ0) is 11.0. The van der Waals surface area contributed by atoms with Crippen LogP contribution in [0.3, 0.4) is 0 Å². The molecule has 1 aliphatic rings. The lowest BCUT2D eigenvalue weighted by Gasteiger charge is -2.15. The molecule has 0 spiro atoms. The number of hydrogen-bond donors (Lipinski definition) is 1. The maximum Gasteiger partial charge on any atom is 0.0864 e. The molecule has 0 saturated carbocycles. The van der Waals surface area contributed by atoms with Gasteiger partial charge in [-0.3, -0.25) is 0 Å². The van der Waals surface area contributed by atoms with Crippen LogP contribution in [0, 0.1) is 0 Å². The van der Waals surface area contributed by atoms with Crippen LogP contribution in [0.4, 0.5) is 0 Å². The maximum absolute atomic E-state index is 10.3. The van der Waals surface area contributed by atoms with E-state index in [1.807, 2.05) is 36.4 Å². The number of benzene rings is 2. The van der Waals surface area contributed by atoms with Crippen LogP contribution >= 0.6 is 0 Å². The van der Waals surface area contributed by atoms with Gasteiger partial charge in [-0.05, 0) is 23.1 Å². The minimum atomic E-state index is -0.349. The molecule has 0 fully saturated rings. The molecule has 1 heteroatoms. The van der Waals surface area contributed by atoms with Gasteiger partial charge in [-0.15, -0.1) is 0 Å². The Morgan fingerprint density at radius 3 is 2.31 bits per heavy atom. The molecule has 0 bridgehead atoms. The van der Waals surface area contributed by atoms with Crippen LogP contribution in [0.5, 0.6) is 0 Å². The minimum absolute atomic E-state index is 0.221. The standard InChI is InChI=1S/C15H14O/c16-15-13-9-5-4-8-12(13)10-14(15)11-6-2-1-3-7-11/h1-9,14-16H,10H2/t14-,15-/m0/s1. The van der Waals surface area contributed by atoms with Gasteiger partial charge in [0.2, 0.25) is 0 Å². The highest BCUT2D eigenvalue weighted by molar-refractivity contribution is 5.39. The first-order valence-electron chi connectivity index (χ1n) is 5.67. The highest BCUT2D eigenvalue weighted by Gasteiger charge is 2.31. The second kappa shape index (κ2) is 3.76. The molecule has 0 aromatic heterocycles. The number of fused-ring (bicyclic) bond motifs is 1. The average molecular weight is 210 g/mol.